The third-order valence-corrected chi connectivity index (χ3v) is 3.06. The molecule has 0 bridgehead atoms. The Kier molecular flexibility index (Phi) is 5.15. The van der Waals surface area contributed by atoms with Gasteiger partial charge in [0.15, 0.2) is 0 Å². The van der Waals surface area contributed by atoms with Crippen molar-refractivity contribution in [1.29, 1.82) is 0 Å². The summed E-state index contributed by atoms with van der Waals surface area (Å²) >= 11 is 0. The van der Waals surface area contributed by atoms with Crippen molar-refractivity contribution >= 4 is 5.91 Å². The largest absolute Gasteiger partial charge is 0.492 e. The minimum absolute atomic E-state index is 0.0444. The number of ether oxygens (including phenoxy) is 2. The summed E-state index contributed by atoms with van der Waals surface area (Å²) in [7, 11) is 0. The van der Waals surface area contributed by atoms with Crippen LogP contribution in [-0.4, -0.2) is 32.3 Å². The van der Waals surface area contributed by atoms with Gasteiger partial charge < -0.3 is 14.8 Å². The fraction of sp³-hybridized carbons (Fsp3) is 0.500. The number of carbonyl (C=O) groups is 1. The smallest absolute Gasteiger partial charge is 0.223 e. The number of carbonyl (C=O) groups excluding carboxylic acids is 1. The highest BCUT2D eigenvalue weighted by Gasteiger charge is 2.20. The molecule has 19 heavy (non-hydrogen) atoms. The minimum atomic E-state index is -0.330. The van der Waals surface area contributed by atoms with Crippen LogP contribution in [0.25, 0.3) is 0 Å². The Balaban J connectivity index is 1.65. The van der Waals surface area contributed by atoms with E-state index in [0.29, 0.717) is 32.1 Å². The lowest BCUT2D eigenvalue weighted by Gasteiger charge is -2.21. The Morgan fingerprint density at radius 3 is 2.95 bits per heavy atom. The zero-order valence-corrected chi connectivity index (χ0v) is 10.7. The molecule has 0 saturated carbocycles. The van der Waals surface area contributed by atoms with Crippen molar-refractivity contribution in [2.24, 2.45) is 5.92 Å². The van der Waals surface area contributed by atoms with Gasteiger partial charge >= 0.3 is 0 Å². The van der Waals surface area contributed by atoms with Crippen LogP contribution < -0.4 is 10.1 Å². The normalized spacial score (nSPS) is 16.1. The lowest BCUT2D eigenvalue weighted by Crippen LogP contribution is -2.36. The van der Waals surface area contributed by atoms with Crippen molar-refractivity contribution in [2.45, 2.75) is 12.8 Å². The number of rotatable bonds is 5. The SMILES string of the molecule is O=C(NCCOc1cccc(F)c1)C1CCOCC1. The minimum Gasteiger partial charge on any atom is -0.492 e. The van der Waals surface area contributed by atoms with E-state index in [1.54, 1.807) is 12.1 Å². The van der Waals surface area contributed by atoms with E-state index in [1.165, 1.54) is 12.1 Å². The van der Waals surface area contributed by atoms with Gasteiger partial charge in [-0.3, -0.25) is 4.79 Å². The number of benzene rings is 1. The molecule has 0 unspecified atom stereocenters. The van der Waals surface area contributed by atoms with Gasteiger partial charge in [0.05, 0.1) is 6.54 Å². The third-order valence-electron chi connectivity index (χ3n) is 3.06. The van der Waals surface area contributed by atoms with Crippen molar-refractivity contribution < 1.29 is 18.7 Å². The molecule has 104 valence electrons. The average molecular weight is 267 g/mol. The van der Waals surface area contributed by atoms with Gasteiger partial charge in [-0.1, -0.05) is 6.07 Å². The standard InChI is InChI=1S/C14H18FNO3/c15-12-2-1-3-13(10-12)19-9-6-16-14(17)11-4-7-18-8-5-11/h1-3,10-11H,4-9H2,(H,16,17). The molecular formula is C14H18FNO3. The third kappa shape index (κ3) is 4.52. The quantitative estimate of drug-likeness (QED) is 0.827. The highest BCUT2D eigenvalue weighted by Crippen LogP contribution is 2.14. The van der Waals surface area contributed by atoms with Gasteiger partial charge in [0.25, 0.3) is 0 Å². The molecule has 1 heterocycles. The first-order valence-corrected chi connectivity index (χ1v) is 6.49. The first-order valence-electron chi connectivity index (χ1n) is 6.49. The Bertz CT molecular complexity index is 419. The van der Waals surface area contributed by atoms with Crippen LogP contribution in [0.1, 0.15) is 12.8 Å². The van der Waals surface area contributed by atoms with Crippen LogP contribution in [0.3, 0.4) is 0 Å². The van der Waals surface area contributed by atoms with Crippen LogP contribution in [0.4, 0.5) is 4.39 Å². The van der Waals surface area contributed by atoms with Gasteiger partial charge in [-0.2, -0.15) is 0 Å². The monoisotopic (exact) mass is 267 g/mol. The maximum absolute atomic E-state index is 12.9. The summed E-state index contributed by atoms with van der Waals surface area (Å²) in [5.41, 5.74) is 0. The highest BCUT2D eigenvalue weighted by atomic mass is 19.1. The summed E-state index contributed by atoms with van der Waals surface area (Å²) < 4.78 is 23.4. The summed E-state index contributed by atoms with van der Waals surface area (Å²) in [5, 5.41) is 2.82. The van der Waals surface area contributed by atoms with Crippen molar-refractivity contribution in [1.82, 2.24) is 5.32 Å². The molecule has 0 radical (unpaired) electrons. The van der Waals surface area contributed by atoms with Crippen molar-refractivity contribution in [3.63, 3.8) is 0 Å². The van der Waals surface area contributed by atoms with Crippen LogP contribution in [-0.2, 0) is 9.53 Å². The van der Waals surface area contributed by atoms with Gasteiger partial charge in [-0.15, -0.1) is 0 Å². The van der Waals surface area contributed by atoms with E-state index in [2.05, 4.69) is 5.32 Å². The number of hydrogen-bond acceptors (Lipinski definition) is 3. The van der Waals surface area contributed by atoms with Crippen LogP contribution in [0.5, 0.6) is 5.75 Å². The molecule has 0 aromatic heterocycles. The molecule has 1 saturated heterocycles. The topological polar surface area (TPSA) is 47.6 Å². The molecule has 2 rings (SSSR count). The number of hydrogen-bond donors (Lipinski definition) is 1. The summed E-state index contributed by atoms with van der Waals surface area (Å²) in [5.74, 6) is 0.234. The fourth-order valence-corrected chi connectivity index (χ4v) is 2.00. The molecule has 0 atom stereocenters. The number of nitrogens with one attached hydrogen (secondary N) is 1. The molecule has 1 aliphatic rings. The van der Waals surface area contributed by atoms with Crippen LogP contribution >= 0.6 is 0 Å². The van der Waals surface area contributed by atoms with E-state index in [4.69, 9.17) is 9.47 Å². The zero-order chi connectivity index (χ0) is 13.5. The van der Waals surface area contributed by atoms with Gasteiger partial charge in [0.2, 0.25) is 5.91 Å². The summed E-state index contributed by atoms with van der Waals surface area (Å²) in [6, 6.07) is 5.95. The Labute approximate surface area is 111 Å². The lowest BCUT2D eigenvalue weighted by atomic mass is 9.99. The van der Waals surface area contributed by atoms with Gasteiger partial charge in [0, 0.05) is 25.2 Å². The van der Waals surface area contributed by atoms with Crippen LogP contribution in [0, 0.1) is 11.7 Å². The molecule has 1 aromatic carbocycles. The van der Waals surface area contributed by atoms with Gasteiger partial charge in [-0.25, -0.2) is 4.39 Å². The van der Waals surface area contributed by atoms with E-state index >= 15 is 0 Å². The van der Waals surface area contributed by atoms with Crippen LogP contribution in [0.15, 0.2) is 24.3 Å². The zero-order valence-electron chi connectivity index (χ0n) is 10.7. The molecule has 5 heteroatoms. The predicted octanol–water partition coefficient (Wildman–Crippen LogP) is 1.75. The molecule has 1 aromatic rings. The summed E-state index contributed by atoms with van der Waals surface area (Å²) in [6.07, 6.45) is 1.55. The maximum Gasteiger partial charge on any atom is 0.223 e. The number of halogens is 1. The molecule has 0 spiro atoms. The number of amides is 1. The second-order valence-electron chi connectivity index (χ2n) is 4.48. The predicted molar refractivity (Wildman–Crippen MR) is 68.4 cm³/mol. The van der Waals surface area contributed by atoms with Gasteiger partial charge in [0.1, 0.15) is 18.2 Å². The molecular weight excluding hydrogens is 249 g/mol. The van der Waals surface area contributed by atoms with E-state index in [1.807, 2.05) is 0 Å². The second-order valence-corrected chi connectivity index (χ2v) is 4.48. The van der Waals surface area contributed by atoms with E-state index in [0.717, 1.165) is 12.8 Å². The molecule has 1 amide bonds. The van der Waals surface area contributed by atoms with E-state index < -0.39 is 0 Å². The molecule has 1 aliphatic heterocycles. The average Bonchev–Trinajstić information content (AvgIpc) is 2.44. The van der Waals surface area contributed by atoms with E-state index in [9.17, 15) is 9.18 Å². The highest BCUT2D eigenvalue weighted by molar-refractivity contribution is 5.78. The Hall–Kier alpha value is -1.62. The Morgan fingerprint density at radius 1 is 1.42 bits per heavy atom. The van der Waals surface area contributed by atoms with E-state index in [-0.39, 0.29) is 17.6 Å². The second kappa shape index (κ2) is 7.09. The first kappa shape index (κ1) is 13.8. The van der Waals surface area contributed by atoms with Gasteiger partial charge in [-0.05, 0) is 25.0 Å². The molecule has 1 N–H and O–H groups in total. The van der Waals surface area contributed by atoms with Crippen molar-refractivity contribution in [2.75, 3.05) is 26.4 Å². The van der Waals surface area contributed by atoms with Crippen LogP contribution in [0.2, 0.25) is 0 Å². The molecule has 4 nitrogen and oxygen atoms in total. The lowest BCUT2D eigenvalue weighted by molar-refractivity contribution is -0.127. The van der Waals surface area contributed by atoms with Crippen molar-refractivity contribution in [3.8, 4) is 5.75 Å². The summed E-state index contributed by atoms with van der Waals surface area (Å²) in [6.45, 7) is 2.06. The molecule has 0 aliphatic carbocycles. The summed E-state index contributed by atoms with van der Waals surface area (Å²) in [4.78, 5) is 11.8. The maximum atomic E-state index is 12.9. The fourth-order valence-electron chi connectivity index (χ4n) is 2.00. The first-order chi connectivity index (χ1) is 9.25. The molecule has 1 fully saturated rings. The Morgan fingerprint density at radius 2 is 2.21 bits per heavy atom. The van der Waals surface area contributed by atoms with Crippen molar-refractivity contribution in [3.05, 3.63) is 30.1 Å².